The van der Waals surface area contributed by atoms with Gasteiger partial charge < -0.3 is 30.3 Å². The van der Waals surface area contributed by atoms with Crippen molar-refractivity contribution in [2.24, 2.45) is 5.73 Å². The van der Waals surface area contributed by atoms with E-state index < -0.39 is 5.97 Å². The summed E-state index contributed by atoms with van der Waals surface area (Å²) in [5.74, 6) is 0.800. The van der Waals surface area contributed by atoms with Crippen molar-refractivity contribution in [2.45, 2.75) is 63.7 Å². The molecule has 2 aliphatic heterocycles. The average Bonchev–Trinajstić information content (AvgIpc) is 3.86. The number of amides is 1. The number of hydroxylamine groups is 2. The standard InChI is InChI=1S/C43H45N7O5S3/c44-41(56)50(32-21-25-48(26-22-32)27-29-9-13-33(14-10-29)53-42-46-35-5-1-3-7-37(35)57-42)55-40(52)18-17-39(51)49(31-19-23-45-24-20-31)28-30-11-15-34(16-12-30)54-43-47-36-6-2-4-8-38(36)58-43/h1-16,31-32,45H,17-28H2,(H2,44,56). The van der Waals surface area contributed by atoms with E-state index >= 15 is 0 Å². The number of hydrogen-bond acceptors (Lipinski definition) is 12. The number of nitrogens with one attached hydrogen (secondary N) is 1. The number of fused-ring (bicyclic) bond motifs is 2. The van der Waals surface area contributed by atoms with E-state index in [4.69, 9.17) is 32.3 Å². The van der Waals surface area contributed by atoms with Crippen molar-refractivity contribution >= 4 is 72.3 Å². The maximum absolute atomic E-state index is 13.8. The van der Waals surface area contributed by atoms with Crippen LogP contribution in [0, 0.1) is 0 Å². The number of likely N-dealkylation sites (tertiary alicyclic amines) is 1. The molecule has 58 heavy (non-hydrogen) atoms. The number of para-hydroxylation sites is 2. The van der Waals surface area contributed by atoms with Gasteiger partial charge in [-0.3, -0.25) is 9.69 Å². The number of carbonyl (C=O) groups excluding carboxylic acids is 2. The van der Waals surface area contributed by atoms with Crippen LogP contribution in [0.1, 0.15) is 49.7 Å². The number of nitrogens with two attached hydrogens (primary N) is 1. The highest BCUT2D eigenvalue weighted by atomic mass is 32.1. The molecule has 4 heterocycles. The second-order valence-corrected chi connectivity index (χ2v) is 16.9. The van der Waals surface area contributed by atoms with Crippen molar-refractivity contribution in [2.75, 3.05) is 26.2 Å². The normalized spacial score (nSPS) is 15.3. The lowest BCUT2D eigenvalue weighted by molar-refractivity contribution is -0.183. The average molecular weight is 836 g/mol. The quantitative estimate of drug-likeness (QED) is 0.0862. The van der Waals surface area contributed by atoms with E-state index in [9.17, 15) is 9.59 Å². The lowest BCUT2D eigenvalue weighted by Crippen LogP contribution is -2.50. The summed E-state index contributed by atoms with van der Waals surface area (Å²) in [6.45, 7) is 4.44. The Kier molecular flexibility index (Phi) is 12.7. The minimum Gasteiger partial charge on any atom is -0.431 e. The van der Waals surface area contributed by atoms with Crippen LogP contribution in [0.15, 0.2) is 97.1 Å². The first-order valence-corrected chi connectivity index (χ1v) is 21.6. The first-order chi connectivity index (χ1) is 28.3. The van der Waals surface area contributed by atoms with Crippen molar-refractivity contribution < 1.29 is 23.9 Å². The van der Waals surface area contributed by atoms with E-state index in [0.717, 1.165) is 90.2 Å². The van der Waals surface area contributed by atoms with Gasteiger partial charge in [-0.1, -0.05) is 71.2 Å². The zero-order chi connectivity index (χ0) is 39.8. The first-order valence-electron chi connectivity index (χ1n) is 19.6. The van der Waals surface area contributed by atoms with E-state index in [1.165, 1.54) is 33.3 Å². The summed E-state index contributed by atoms with van der Waals surface area (Å²) in [5.41, 5.74) is 10.1. The summed E-state index contributed by atoms with van der Waals surface area (Å²) in [7, 11) is 0. The maximum Gasteiger partial charge on any atom is 0.333 e. The first kappa shape index (κ1) is 39.6. The molecule has 2 saturated heterocycles. The van der Waals surface area contributed by atoms with Crippen LogP contribution in [0.2, 0.25) is 0 Å². The smallest absolute Gasteiger partial charge is 0.333 e. The number of carbonyl (C=O) groups is 2. The van der Waals surface area contributed by atoms with Gasteiger partial charge in [0.1, 0.15) is 11.5 Å². The molecule has 0 unspecified atom stereocenters. The molecule has 0 bridgehead atoms. The molecular formula is C43H45N7O5S3. The van der Waals surface area contributed by atoms with Crippen LogP contribution in [0.4, 0.5) is 0 Å². The fourth-order valence-corrected chi connectivity index (χ4v) is 9.29. The van der Waals surface area contributed by atoms with Gasteiger partial charge in [0.25, 0.3) is 10.4 Å². The van der Waals surface area contributed by atoms with Crippen molar-refractivity contribution in [1.29, 1.82) is 0 Å². The van der Waals surface area contributed by atoms with Gasteiger partial charge in [-0.2, -0.15) is 5.06 Å². The van der Waals surface area contributed by atoms with E-state index in [2.05, 4.69) is 32.3 Å². The zero-order valence-corrected chi connectivity index (χ0v) is 34.4. The molecule has 0 radical (unpaired) electrons. The van der Waals surface area contributed by atoms with Crippen molar-refractivity contribution in [3.8, 4) is 21.9 Å². The Hall–Kier alpha value is -5.19. The Bertz CT molecular complexity index is 2270. The van der Waals surface area contributed by atoms with E-state index in [1.807, 2.05) is 89.8 Å². The Morgan fingerprint density at radius 2 is 1.29 bits per heavy atom. The molecule has 3 N–H and O–H groups in total. The lowest BCUT2D eigenvalue weighted by Gasteiger charge is -2.37. The Balaban J connectivity index is 0.806. The SMILES string of the molecule is NC(=S)N(OC(=O)CCC(=O)N(Cc1ccc(Oc2nc3ccccc3s2)cc1)C1CCNCC1)C1CCN(Cc2ccc(Oc3nc4ccccc4s3)cc2)CC1. The summed E-state index contributed by atoms with van der Waals surface area (Å²) in [6, 6.07) is 31.7. The summed E-state index contributed by atoms with van der Waals surface area (Å²) >= 11 is 8.35. The van der Waals surface area contributed by atoms with Crippen LogP contribution >= 0.6 is 34.9 Å². The van der Waals surface area contributed by atoms with Gasteiger partial charge in [-0.25, -0.2) is 14.8 Å². The molecule has 0 atom stereocenters. The number of ether oxygens (including phenoxy) is 2. The summed E-state index contributed by atoms with van der Waals surface area (Å²) in [6.07, 6.45) is 3.06. The van der Waals surface area contributed by atoms with Gasteiger partial charge in [0.2, 0.25) is 11.0 Å². The van der Waals surface area contributed by atoms with Crippen LogP contribution in [-0.2, 0) is 27.5 Å². The number of thiazole rings is 2. The highest BCUT2D eigenvalue weighted by Gasteiger charge is 2.30. The zero-order valence-electron chi connectivity index (χ0n) is 32.0. The third kappa shape index (κ3) is 10.1. The second kappa shape index (κ2) is 18.6. The number of rotatable bonds is 13. The van der Waals surface area contributed by atoms with Crippen LogP contribution in [0.3, 0.4) is 0 Å². The third-order valence-corrected chi connectivity index (χ3v) is 12.5. The van der Waals surface area contributed by atoms with Gasteiger partial charge >= 0.3 is 5.97 Å². The molecule has 2 aromatic heterocycles. The summed E-state index contributed by atoms with van der Waals surface area (Å²) < 4.78 is 14.2. The van der Waals surface area contributed by atoms with Crippen molar-refractivity contribution in [3.05, 3.63) is 108 Å². The molecular weight excluding hydrogens is 791 g/mol. The van der Waals surface area contributed by atoms with E-state index in [1.54, 1.807) is 0 Å². The molecule has 12 nitrogen and oxygen atoms in total. The van der Waals surface area contributed by atoms with Crippen LogP contribution in [-0.4, -0.2) is 80.1 Å². The monoisotopic (exact) mass is 835 g/mol. The minimum atomic E-state index is -0.529. The van der Waals surface area contributed by atoms with E-state index in [-0.39, 0.29) is 35.9 Å². The Morgan fingerprint density at radius 3 is 1.84 bits per heavy atom. The fourth-order valence-electron chi connectivity index (χ4n) is 7.43. The molecule has 2 fully saturated rings. The van der Waals surface area contributed by atoms with Crippen LogP contribution < -0.4 is 20.5 Å². The van der Waals surface area contributed by atoms with Gasteiger partial charge in [0.15, 0.2) is 0 Å². The molecule has 2 aliphatic rings. The highest BCUT2D eigenvalue weighted by Crippen LogP contribution is 2.33. The summed E-state index contributed by atoms with van der Waals surface area (Å²) in [5, 5.41) is 5.96. The molecule has 8 rings (SSSR count). The fraction of sp³-hybridized carbons (Fsp3) is 0.326. The van der Waals surface area contributed by atoms with Gasteiger partial charge in [0, 0.05) is 38.6 Å². The topological polar surface area (TPSA) is 135 Å². The molecule has 300 valence electrons. The minimum absolute atomic E-state index is 0.00809. The number of hydrogen-bond donors (Lipinski definition) is 2. The molecule has 4 aromatic carbocycles. The lowest BCUT2D eigenvalue weighted by atomic mass is 10.0. The molecule has 15 heteroatoms. The molecule has 0 spiro atoms. The molecule has 6 aromatic rings. The highest BCUT2D eigenvalue weighted by molar-refractivity contribution is 7.80. The largest absolute Gasteiger partial charge is 0.431 e. The van der Waals surface area contributed by atoms with E-state index in [0.29, 0.717) is 22.7 Å². The summed E-state index contributed by atoms with van der Waals surface area (Å²) in [4.78, 5) is 46.1. The Labute approximate surface area is 350 Å². The number of aromatic nitrogens is 2. The number of piperidine rings is 2. The number of nitrogens with zero attached hydrogens (tertiary/aromatic N) is 5. The van der Waals surface area contributed by atoms with Crippen molar-refractivity contribution in [1.82, 2.24) is 30.1 Å². The maximum atomic E-state index is 13.8. The van der Waals surface area contributed by atoms with Crippen LogP contribution in [0.25, 0.3) is 20.4 Å². The molecule has 0 saturated carbocycles. The van der Waals surface area contributed by atoms with Gasteiger partial charge in [-0.05, 0) is 111 Å². The predicted octanol–water partition coefficient (Wildman–Crippen LogP) is 8.02. The molecule has 1 amide bonds. The van der Waals surface area contributed by atoms with Gasteiger partial charge in [0.05, 0.1) is 32.9 Å². The predicted molar refractivity (Wildman–Crippen MR) is 231 cm³/mol. The number of thiocarbonyl (C=S) groups is 1. The van der Waals surface area contributed by atoms with Crippen molar-refractivity contribution in [3.63, 3.8) is 0 Å². The number of benzene rings is 4. The Morgan fingerprint density at radius 1 is 0.741 bits per heavy atom. The second-order valence-electron chi connectivity index (χ2n) is 14.5. The van der Waals surface area contributed by atoms with Gasteiger partial charge in [-0.15, -0.1) is 0 Å². The third-order valence-electron chi connectivity index (χ3n) is 10.5. The molecule has 0 aliphatic carbocycles. The van der Waals surface area contributed by atoms with Crippen LogP contribution in [0.5, 0.6) is 21.9 Å².